The van der Waals surface area contributed by atoms with E-state index >= 15 is 0 Å². The van der Waals surface area contributed by atoms with Crippen LogP contribution in [0.25, 0.3) is 0 Å². The van der Waals surface area contributed by atoms with Crippen LogP contribution in [-0.4, -0.2) is 17.9 Å². The first-order valence-corrected chi connectivity index (χ1v) is 11.5. The van der Waals surface area contributed by atoms with E-state index in [1.807, 2.05) is 38.1 Å². The van der Waals surface area contributed by atoms with Crippen LogP contribution in [0.15, 0.2) is 70.5 Å². The monoisotopic (exact) mass is 468 g/mol. The highest BCUT2D eigenvalue weighted by molar-refractivity contribution is 7.99. The Morgan fingerprint density at radius 1 is 1.12 bits per heavy atom. The maximum absolute atomic E-state index is 13.6. The van der Waals surface area contributed by atoms with Crippen molar-refractivity contribution in [3.05, 3.63) is 88.2 Å². The fourth-order valence-electron chi connectivity index (χ4n) is 3.45. The van der Waals surface area contributed by atoms with Crippen molar-refractivity contribution in [1.29, 1.82) is 0 Å². The molecule has 7 heteroatoms. The molecular weight excluding hydrogens is 447 g/mol. The minimum absolute atomic E-state index is 0.0377. The van der Waals surface area contributed by atoms with Gasteiger partial charge in [-0.1, -0.05) is 48.5 Å². The number of hydrogen-bond acceptors (Lipinski definition) is 3. The molecule has 3 aromatic rings. The van der Waals surface area contributed by atoms with Gasteiger partial charge < -0.3 is 10.2 Å². The van der Waals surface area contributed by atoms with Gasteiger partial charge in [-0.3, -0.25) is 9.59 Å². The fourth-order valence-corrected chi connectivity index (χ4v) is 4.73. The van der Waals surface area contributed by atoms with E-state index in [0.717, 1.165) is 16.2 Å². The van der Waals surface area contributed by atoms with Crippen molar-refractivity contribution in [3.8, 4) is 0 Å². The second kappa shape index (κ2) is 9.35. The maximum atomic E-state index is 13.6. The van der Waals surface area contributed by atoms with Crippen LogP contribution in [0.4, 0.5) is 10.1 Å². The van der Waals surface area contributed by atoms with Gasteiger partial charge in [0.05, 0.1) is 17.8 Å². The Kier molecular flexibility index (Phi) is 6.53. The molecule has 1 unspecified atom stereocenters. The second-order valence-corrected chi connectivity index (χ2v) is 9.18. The lowest BCUT2D eigenvalue weighted by Gasteiger charge is -2.24. The molecule has 1 atom stereocenters. The number of benzene rings is 3. The molecule has 0 spiro atoms. The van der Waals surface area contributed by atoms with Crippen LogP contribution in [0.1, 0.15) is 46.5 Å². The normalized spacial score (nSPS) is 13.8. The quantitative estimate of drug-likeness (QED) is 0.476. The molecule has 4 rings (SSSR count). The van der Waals surface area contributed by atoms with Gasteiger partial charge in [0.15, 0.2) is 0 Å². The SMILES string of the molecule is CCC(C)NC(=O)c1ccc2c(c1)N(Cc1ccc(F)cc1Cl)C(=O)c1ccccc1S2. The van der Waals surface area contributed by atoms with Crippen LogP contribution < -0.4 is 10.2 Å². The lowest BCUT2D eigenvalue weighted by atomic mass is 10.1. The van der Waals surface area contributed by atoms with Gasteiger partial charge in [0.2, 0.25) is 0 Å². The molecule has 0 aromatic heterocycles. The molecule has 1 heterocycles. The van der Waals surface area contributed by atoms with E-state index in [1.165, 1.54) is 23.9 Å². The summed E-state index contributed by atoms with van der Waals surface area (Å²) in [5, 5.41) is 3.21. The molecule has 2 amide bonds. The molecule has 1 N–H and O–H groups in total. The third kappa shape index (κ3) is 4.52. The smallest absolute Gasteiger partial charge is 0.259 e. The molecule has 4 nitrogen and oxygen atoms in total. The Hall–Kier alpha value is -2.83. The summed E-state index contributed by atoms with van der Waals surface area (Å²) in [7, 11) is 0. The first-order chi connectivity index (χ1) is 15.4. The Labute approximate surface area is 195 Å². The topological polar surface area (TPSA) is 49.4 Å². The van der Waals surface area contributed by atoms with Gasteiger partial charge in [-0.25, -0.2) is 4.39 Å². The zero-order valence-corrected chi connectivity index (χ0v) is 19.3. The van der Waals surface area contributed by atoms with Gasteiger partial charge in [-0.05, 0) is 61.4 Å². The molecule has 0 saturated heterocycles. The minimum Gasteiger partial charge on any atom is -0.350 e. The Bertz CT molecular complexity index is 1200. The number of rotatable bonds is 5. The first-order valence-electron chi connectivity index (χ1n) is 10.3. The number of anilines is 1. The highest BCUT2D eigenvalue weighted by Gasteiger charge is 2.28. The standard InChI is InChI=1S/C25H22ClFN2O2S/c1-3-15(2)28-24(30)16-9-11-23-21(12-16)29(14-17-8-10-18(27)13-20(17)26)25(31)19-6-4-5-7-22(19)32-23/h4-13,15H,3,14H2,1-2H3,(H,28,30). The van der Waals surface area contributed by atoms with E-state index in [-0.39, 0.29) is 29.4 Å². The van der Waals surface area contributed by atoms with Gasteiger partial charge >= 0.3 is 0 Å². The summed E-state index contributed by atoms with van der Waals surface area (Å²) in [5.74, 6) is -0.834. The molecule has 0 aliphatic carbocycles. The lowest BCUT2D eigenvalue weighted by molar-refractivity contribution is 0.0936. The molecule has 32 heavy (non-hydrogen) atoms. The van der Waals surface area contributed by atoms with Crippen molar-refractivity contribution in [1.82, 2.24) is 5.32 Å². The second-order valence-electron chi connectivity index (χ2n) is 7.69. The number of carbonyl (C=O) groups excluding carboxylic acids is 2. The van der Waals surface area contributed by atoms with Crippen LogP contribution in [0.3, 0.4) is 0 Å². The Morgan fingerprint density at radius 2 is 1.91 bits per heavy atom. The van der Waals surface area contributed by atoms with Crippen LogP contribution in [0.5, 0.6) is 0 Å². The van der Waals surface area contributed by atoms with Crippen molar-refractivity contribution in [2.45, 2.75) is 42.6 Å². The van der Waals surface area contributed by atoms with E-state index in [0.29, 0.717) is 22.4 Å². The number of halogens is 2. The average molecular weight is 469 g/mol. The Morgan fingerprint density at radius 3 is 2.66 bits per heavy atom. The zero-order chi connectivity index (χ0) is 22.8. The van der Waals surface area contributed by atoms with Crippen molar-refractivity contribution in [2.75, 3.05) is 4.90 Å². The number of nitrogens with zero attached hydrogens (tertiary/aromatic N) is 1. The minimum atomic E-state index is -0.439. The average Bonchev–Trinajstić information content (AvgIpc) is 2.89. The molecule has 0 saturated carbocycles. The van der Waals surface area contributed by atoms with Crippen molar-refractivity contribution < 1.29 is 14.0 Å². The number of fused-ring (bicyclic) bond motifs is 2. The molecular formula is C25H22ClFN2O2S. The number of hydrogen-bond donors (Lipinski definition) is 1. The molecule has 1 aliphatic heterocycles. The van der Waals surface area contributed by atoms with Gasteiger partial charge in [-0.2, -0.15) is 0 Å². The number of nitrogens with one attached hydrogen (secondary N) is 1. The van der Waals surface area contributed by atoms with Gasteiger partial charge in [0, 0.05) is 26.4 Å². The summed E-state index contributed by atoms with van der Waals surface area (Å²) in [4.78, 5) is 29.6. The summed E-state index contributed by atoms with van der Waals surface area (Å²) in [5.41, 5.74) is 2.27. The van der Waals surface area contributed by atoms with E-state index in [1.54, 1.807) is 29.2 Å². The van der Waals surface area contributed by atoms with E-state index < -0.39 is 5.82 Å². The van der Waals surface area contributed by atoms with Crippen molar-refractivity contribution >= 4 is 40.9 Å². The Balaban J connectivity index is 1.80. The van der Waals surface area contributed by atoms with E-state index in [2.05, 4.69) is 5.32 Å². The zero-order valence-electron chi connectivity index (χ0n) is 17.7. The van der Waals surface area contributed by atoms with Gasteiger partial charge in [-0.15, -0.1) is 0 Å². The third-order valence-electron chi connectivity index (χ3n) is 5.43. The van der Waals surface area contributed by atoms with E-state index in [9.17, 15) is 14.0 Å². The van der Waals surface area contributed by atoms with Crippen molar-refractivity contribution in [2.24, 2.45) is 0 Å². The van der Waals surface area contributed by atoms with Gasteiger partial charge in [0.1, 0.15) is 5.82 Å². The first kappa shape index (κ1) is 22.4. The number of amides is 2. The molecule has 164 valence electrons. The summed E-state index contributed by atoms with van der Waals surface area (Å²) in [6.07, 6.45) is 0.815. The molecule has 3 aromatic carbocycles. The highest BCUT2D eigenvalue weighted by Crippen LogP contribution is 2.42. The molecule has 0 bridgehead atoms. The summed E-state index contributed by atoms with van der Waals surface area (Å²) < 4.78 is 13.6. The van der Waals surface area contributed by atoms with E-state index in [4.69, 9.17) is 11.6 Å². The van der Waals surface area contributed by atoms with Crippen LogP contribution in [0.2, 0.25) is 5.02 Å². The fraction of sp³-hybridized carbons (Fsp3) is 0.200. The third-order valence-corrected chi connectivity index (χ3v) is 6.92. The van der Waals surface area contributed by atoms with Crippen molar-refractivity contribution in [3.63, 3.8) is 0 Å². The number of carbonyl (C=O) groups is 2. The summed E-state index contributed by atoms with van der Waals surface area (Å²) in [6.45, 7) is 4.10. The van der Waals surface area contributed by atoms with Crippen LogP contribution in [0, 0.1) is 5.82 Å². The molecule has 0 radical (unpaired) electrons. The van der Waals surface area contributed by atoms with Crippen LogP contribution in [-0.2, 0) is 6.54 Å². The summed E-state index contributed by atoms with van der Waals surface area (Å²) >= 11 is 7.75. The largest absolute Gasteiger partial charge is 0.350 e. The molecule has 0 fully saturated rings. The molecule has 1 aliphatic rings. The lowest BCUT2D eigenvalue weighted by Crippen LogP contribution is -2.33. The maximum Gasteiger partial charge on any atom is 0.259 e. The van der Waals surface area contributed by atoms with Crippen LogP contribution >= 0.6 is 23.4 Å². The van der Waals surface area contributed by atoms with Gasteiger partial charge in [0.25, 0.3) is 11.8 Å². The predicted molar refractivity (Wildman–Crippen MR) is 126 cm³/mol. The highest BCUT2D eigenvalue weighted by atomic mass is 35.5. The predicted octanol–water partition coefficient (Wildman–Crippen LogP) is 6.32. The summed E-state index contributed by atoms with van der Waals surface area (Å²) in [6, 6.07) is 16.9.